The molecule has 0 heterocycles. The third-order valence-electron chi connectivity index (χ3n) is 5.37. The minimum Gasteiger partial charge on any atom is -0.462 e. The normalized spacial score (nSPS) is 11.1. The summed E-state index contributed by atoms with van der Waals surface area (Å²) in [6.07, 6.45) is 1.63. The predicted molar refractivity (Wildman–Crippen MR) is 136 cm³/mol. The van der Waals surface area contributed by atoms with Crippen LogP contribution in [0, 0.1) is 5.41 Å². The van der Waals surface area contributed by atoms with Gasteiger partial charge in [-0.25, -0.2) is 4.79 Å². The number of benzene rings is 3. The topological polar surface area (TPSA) is 52.6 Å². The lowest BCUT2D eigenvalue weighted by Gasteiger charge is -2.16. The highest BCUT2D eigenvalue weighted by atomic mass is 16.5. The average Bonchev–Trinajstić information content (AvgIpc) is 2.82. The number of hydrogen-bond donors (Lipinski definition) is 0. The first kappa shape index (κ1) is 25.0. The molecule has 0 fully saturated rings. The molecule has 0 unspecified atom stereocenters. The molecule has 4 nitrogen and oxygen atoms in total. The summed E-state index contributed by atoms with van der Waals surface area (Å²) in [6, 6.07) is 24.4. The molecule has 0 aliphatic carbocycles. The van der Waals surface area contributed by atoms with Crippen molar-refractivity contribution < 1.29 is 19.1 Å². The first-order valence-electron chi connectivity index (χ1n) is 11.5. The standard InChI is InChI=1S/C30H32O4/c1-21(2)28(31)33-20-6-7-22-8-10-23(11-9-22)24-12-14-25(15-13-24)26-16-18-27(19-17-26)34-29(32)30(3,4)5/h8-19H,1,6-7,20H2,2-5H3. The van der Waals surface area contributed by atoms with Crippen LogP contribution in [0.2, 0.25) is 0 Å². The Bertz CT molecular complexity index is 1130. The zero-order valence-electron chi connectivity index (χ0n) is 20.4. The van der Waals surface area contributed by atoms with Crippen molar-refractivity contribution in [3.05, 3.63) is 90.5 Å². The molecule has 0 aliphatic heterocycles. The smallest absolute Gasteiger partial charge is 0.333 e. The van der Waals surface area contributed by atoms with Gasteiger partial charge in [0, 0.05) is 5.57 Å². The van der Waals surface area contributed by atoms with Gasteiger partial charge in [0.1, 0.15) is 5.75 Å². The molecule has 0 aromatic heterocycles. The van der Waals surface area contributed by atoms with Gasteiger partial charge >= 0.3 is 11.9 Å². The number of esters is 2. The van der Waals surface area contributed by atoms with Crippen LogP contribution in [0.5, 0.6) is 5.75 Å². The zero-order valence-corrected chi connectivity index (χ0v) is 20.4. The van der Waals surface area contributed by atoms with Crippen molar-refractivity contribution in [3.63, 3.8) is 0 Å². The molecule has 34 heavy (non-hydrogen) atoms. The molecule has 0 N–H and O–H groups in total. The molecular formula is C30H32O4. The monoisotopic (exact) mass is 456 g/mol. The van der Waals surface area contributed by atoms with Crippen molar-refractivity contribution in [2.45, 2.75) is 40.5 Å². The molecule has 176 valence electrons. The Kier molecular flexibility index (Phi) is 8.06. The van der Waals surface area contributed by atoms with E-state index >= 15 is 0 Å². The number of aryl methyl sites for hydroxylation is 1. The Morgan fingerprint density at radius 3 is 1.65 bits per heavy atom. The lowest BCUT2D eigenvalue weighted by atomic mass is 9.97. The summed E-state index contributed by atoms with van der Waals surface area (Å²) < 4.78 is 10.6. The van der Waals surface area contributed by atoms with Crippen molar-refractivity contribution in [1.29, 1.82) is 0 Å². The maximum Gasteiger partial charge on any atom is 0.333 e. The van der Waals surface area contributed by atoms with E-state index in [1.165, 1.54) is 5.56 Å². The second-order valence-corrected chi connectivity index (χ2v) is 9.46. The summed E-state index contributed by atoms with van der Waals surface area (Å²) in [5.74, 6) is -0.0325. The third-order valence-corrected chi connectivity index (χ3v) is 5.37. The van der Waals surface area contributed by atoms with Crippen LogP contribution in [-0.2, 0) is 20.7 Å². The van der Waals surface area contributed by atoms with Crippen LogP contribution in [-0.4, -0.2) is 18.5 Å². The molecule has 0 aliphatic rings. The maximum atomic E-state index is 12.1. The van der Waals surface area contributed by atoms with Crippen LogP contribution < -0.4 is 4.74 Å². The van der Waals surface area contributed by atoms with Gasteiger partial charge in [-0.2, -0.15) is 0 Å². The second-order valence-electron chi connectivity index (χ2n) is 9.46. The van der Waals surface area contributed by atoms with E-state index in [1.807, 2.05) is 45.0 Å². The second kappa shape index (κ2) is 11.0. The number of carbonyl (C=O) groups excluding carboxylic acids is 2. The van der Waals surface area contributed by atoms with Gasteiger partial charge in [0.2, 0.25) is 0 Å². The van der Waals surface area contributed by atoms with Gasteiger partial charge in [0.15, 0.2) is 0 Å². The van der Waals surface area contributed by atoms with E-state index in [-0.39, 0.29) is 11.9 Å². The van der Waals surface area contributed by atoms with E-state index in [1.54, 1.807) is 6.92 Å². The van der Waals surface area contributed by atoms with E-state index in [0.29, 0.717) is 17.9 Å². The van der Waals surface area contributed by atoms with Gasteiger partial charge in [-0.05, 0) is 80.5 Å². The van der Waals surface area contributed by atoms with Crippen LogP contribution in [0.3, 0.4) is 0 Å². The van der Waals surface area contributed by atoms with Gasteiger partial charge in [0.05, 0.1) is 12.0 Å². The van der Waals surface area contributed by atoms with E-state index in [4.69, 9.17) is 9.47 Å². The Balaban J connectivity index is 1.57. The summed E-state index contributed by atoms with van der Waals surface area (Å²) in [5.41, 5.74) is 5.54. The Hall–Kier alpha value is -3.66. The highest BCUT2D eigenvalue weighted by molar-refractivity contribution is 5.86. The Labute approximate surface area is 202 Å². The van der Waals surface area contributed by atoms with Gasteiger partial charge < -0.3 is 9.47 Å². The summed E-state index contributed by atoms with van der Waals surface area (Å²) in [4.78, 5) is 23.5. The highest BCUT2D eigenvalue weighted by Gasteiger charge is 2.23. The molecule has 3 rings (SSSR count). The van der Waals surface area contributed by atoms with Crippen LogP contribution in [0.25, 0.3) is 22.3 Å². The molecular weight excluding hydrogens is 424 g/mol. The minimum atomic E-state index is -0.536. The quantitative estimate of drug-likeness (QED) is 0.158. The van der Waals surface area contributed by atoms with Crippen molar-refractivity contribution in [2.24, 2.45) is 5.41 Å². The summed E-state index contributed by atoms with van der Waals surface area (Å²) in [6.45, 7) is 11.1. The molecule has 0 atom stereocenters. The molecule has 0 radical (unpaired) electrons. The molecule has 0 bridgehead atoms. The fourth-order valence-corrected chi connectivity index (χ4v) is 3.26. The van der Waals surface area contributed by atoms with Crippen LogP contribution in [0.15, 0.2) is 84.9 Å². The Morgan fingerprint density at radius 2 is 1.21 bits per heavy atom. The number of carbonyl (C=O) groups is 2. The number of hydrogen-bond acceptors (Lipinski definition) is 4. The molecule has 0 saturated heterocycles. The van der Waals surface area contributed by atoms with E-state index in [2.05, 4.69) is 55.1 Å². The fourth-order valence-electron chi connectivity index (χ4n) is 3.26. The van der Waals surface area contributed by atoms with Crippen molar-refractivity contribution >= 4 is 11.9 Å². The fraction of sp³-hybridized carbons (Fsp3) is 0.267. The lowest BCUT2D eigenvalue weighted by Crippen LogP contribution is -2.25. The molecule has 3 aromatic carbocycles. The molecule has 3 aromatic rings. The van der Waals surface area contributed by atoms with E-state index in [0.717, 1.165) is 35.1 Å². The first-order chi connectivity index (χ1) is 16.1. The molecule has 0 amide bonds. The average molecular weight is 457 g/mol. The van der Waals surface area contributed by atoms with Gasteiger partial charge in [0.25, 0.3) is 0 Å². The summed E-state index contributed by atoms with van der Waals surface area (Å²) in [7, 11) is 0. The predicted octanol–water partition coefficient (Wildman–Crippen LogP) is 7.02. The SMILES string of the molecule is C=C(C)C(=O)OCCCc1ccc(-c2ccc(-c3ccc(OC(=O)C(C)(C)C)cc3)cc2)cc1. The van der Waals surface area contributed by atoms with Crippen LogP contribution in [0.4, 0.5) is 0 Å². The van der Waals surface area contributed by atoms with Gasteiger partial charge in [-0.15, -0.1) is 0 Å². The van der Waals surface area contributed by atoms with Crippen LogP contribution >= 0.6 is 0 Å². The van der Waals surface area contributed by atoms with Crippen LogP contribution in [0.1, 0.15) is 39.7 Å². The third kappa shape index (κ3) is 6.92. The maximum absolute atomic E-state index is 12.1. The summed E-state index contributed by atoms with van der Waals surface area (Å²) in [5, 5.41) is 0. The molecule has 0 spiro atoms. The van der Waals surface area contributed by atoms with Crippen molar-refractivity contribution in [2.75, 3.05) is 6.61 Å². The minimum absolute atomic E-state index is 0.248. The first-order valence-corrected chi connectivity index (χ1v) is 11.5. The van der Waals surface area contributed by atoms with Crippen molar-refractivity contribution in [1.82, 2.24) is 0 Å². The Morgan fingerprint density at radius 1 is 0.765 bits per heavy atom. The summed E-state index contributed by atoms with van der Waals surface area (Å²) >= 11 is 0. The lowest BCUT2D eigenvalue weighted by molar-refractivity contribution is -0.143. The molecule has 0 saturated carbocycles. The largest absolute Gasteiger partial charge is 0.462 e. The van der Waals surface area contributed by atoms with Gasteiger partial charge in [-0.1, -0.05) is 67.2 Å². The highest BCUT2D eigenvalue weighted by Crippen LogP contribution is 2.27. The number of ether oxygens (including phenoxy) is 2. The van der Waals surface area contributed by atoms with E-state index in [9.17, 15) is 9.59 Å². The van der Waals surface area contributed by atoms with Crippen molar-refractivity contribution in [3.8, 4) is 28.0 Å². The van der Waals surface area contributed by atoms with Gasteiger partial charge in [-0.3, -0.25) is 4.79 Å². The molecule has 4 heteroatoms. The van der Waals surface area contributed by atoms with E-state index < -0.39 is 5.41 Å². The number of rotatable bonds is 8. The zero-order chi connectivity index (χ0) is 24.7.